The lowest BCUT2D eigenvalue weighted by atomic mass is 10.1. The van der Waals surface area contributed by atoms with E-state index in [0.717, 1.165) is 0 Å². The molecule has 1 amide bonds. The van der Waals surface area contributed by atoms with Crippen LogP contribution >= 0.6 is 0 Å². The number of nitrogens with two attached hydrogens (primary N) is 1. The topological polar surface area (TPSA) is 94.2 Å². The fourth-order valence-corrected chi connectivity index (χ4v) is 3.77. The molecule has 0 spiro atoms. The number of amides is 1. The summed E-state index contributed by atoms with van der Waals surface area (Å²) in [7, 11) is -2.90. The van der Waals surface area contributed by atoms with Crippen LogP contribution in [0.25, 0.3) is 0 Å². The molecule has 1 aromatic rings. The zero-order valence-electron chi connectivity index (χ0n) is 10.9. The van der Waals surface area contributed by atoms with E-state index in [9.17, 15) is 13.2 Å². The van der Waals surface area contributed by atoms with Gasteiger partial charge in [-0.1, -0.05) is 0 Å². The Morgan fingerprint density at radius 2 is 2.11 bits per heavy atom. The Kier molecular flexibility index (Phi) is 3.84. The number of aromatic nitrogens is 1. The number of hydrogen-bond donors (Lipinski definition) is 2. The molecule has 0 unspecified atom stereocenters. The van der Waals surface area contributed by atoms with E-state index >= 15 is 0 Å². The molecule has 7 heteroatoms. The summed E-state index contributed by atoms with van der Waals surface area (Å²) in [5.41, 5.74) is 6.76. The summed E-state index contributed by atoms with van der Waals surface area (Å²) in [5, 5.41) is 2.88. The van der Waals surface area contributed by atoms with Crippen molar-refractivity contribution in [1.82, 2.24) is 9.88 Å². The largest absolute Gasteiger partial charge is 0.397 e. The van der Waals surface area contributed by atoms with Gasteiger partial charge in [-0.2, -0.15) is 0 Å². The average molecular weight is 285 g/mol. The first-order valence-electron chi connectivity index (χ1n) is 6.38. The van der Waals surface area contributed by atoms with Crippen molar-refractivity contribution in [1.29, 1.82) is 0 Å². The van der Waals surface area contributed by atoms with Crippen molar-refractivity contribution in [3.63, 3.8) is 0 Å². The standard InChI is InChI=1S/C12H19N3O3S/c1-2-15-8-9(13)7-11(15)12(16)14-10-3-5-19(17,18)6-4-10/h7-8,10H,2-6,13H2,1H3,(H,14,16). The van der Waals surface area contributed by atoms with Crippen LogP contribution in [0.3, 0.4) is 0 Å². The van der Waals surface area contributed by atoms with E-state index < -0.39 is 9.84 Å². The fourth-order valence-electron chi connectivity index (χ4n) is 2.28. The third-order valence-electron chi connectivity index (χ3n) is 3.38. The van der Waals surface area contributed by atoms with Crippen LogP contribution in [0.1, 0.15) is 30.3 Å². The molecule has 0 bridgehead atoms. The molecule has 1 aliphatic heterocycles. The first-order valence-corrected chi connectivity index (χ1v) is 8.20. The van der Waals surface area contributed by atoms with E-state index in [1.165, 1.54) is 0 Å². The molecule has 6 nitrogen and oxygen atoms in total. The Balaban J connectivity index is 2.01. The lowest BCUT2D eigenvalue weighted by molar-refractivity contribution is 0.0925. The van der Waals surface area contributed by atoms with Gasteiger partial charge in [-0.05, 0) is 25.8 Å². The molecule has 0 radical (unpaired) electrons. The Morgan fingerprint density at radius 1 is 1.47 bits per heavy atom. The number of carbonyl (C=O) groups excluding carboxylic acids is 1. The molecule has 1 aliphatic rings. The molecule has 1 aromatic heterocycles. The van der Waals surface area contributed by atoms with Crippen molar-refractivity contribution in [3.05, 3.63) is 18.0 Å². The predicted molar refractivity (Wildman–Crippen MR) is 73.7 cm³/mol. The van der Waals surface area contributed by atoms with Crippen LogP contribution in [0.15, 0.2) is 12.3 Å². The average Bonchev–Trinajstić information content (AvgIpc) is 2.73. The molecule has 1 fully saturated rings. The van der Waals surface area contributed by atoms with Crippen molar-refractivity contribution >= 4 is 21.4 Å². The van der Waals surface area contributed by atoms with Crippen LogP contribution in [0.5, 0.6) is 0 Å². The van der Waals surface area contributed by atoms with Gasteiger partial charge in [-0.15, -0.1) is 0 Å². The van der Waals surface area contributed by atoms with Gasteiger partial charge >= 0.3 is 0 Å². The molecule has 1 saturated heterocycles. The smallest absolute Gasteiger partial charge is 0.268 e. The molecule has 0 aromatic carbocycles. The maximum atomic E-state index is 12.1. The Morgan fingerprint density at radius 3 is 2.68 bits per heavy atom. The highest BCUT2D eigenvalue weighted by atomic mass is 32.2. The number of rotatable bonds is 3. The highest BCUT2D eigenvalue weighted by Gasteiger charge is 2.25. The van der Waals surface area contributed by atoms with Crippen molar-refractivity contribution in [3.8, 4) is 0 Å². The van der Waals surface area contributed by atoms with E-state index in [1.807, 2.05) is 6.92 Å². The number of carbonyl (C=O) groups is 1. The van der Waals surface area contributed by atoms with Crippen LogP contribution in [-0.4, -0.2) is 36.4 Å². The van der Waals surface area contributed by atoms with Crippen molar-refractivity contribution in [2.45, 2.75) is 32.4 Å². The second-order valence-electron chi connectivity index (χ2n) is 4.84. The van der Waals surface area contributed by atoms with E-state index in [0.29, 0.717) is 30.8 Å². The van der Waals surface area contributed by atoms with Gasteiger partial charge < -0.3 is 15.6 Å². The minimum Gasteiger partial charge on any atom is -0.397 e. The zero-order valence-corrected chi connectivity index (χ0v) is 11.7. The molecule has 0 atom stereocenters. The molecule has 2 heterocycles. The normalized spacial score (nSPS) is 19.2. The summed E-state index contributed by atoms with van der Waals surface area (Å²) < 4.78 is 24.4. The Labute approximate surface area is 112 Å². The number of aryl methyl sites for hydroxylation is 1. The van der Waals surface area contributed by atoms with E-state index in [4.69, 9.17) is 5.73 Å². The van der Waals surface area contributed by atoms with E-state index in [-0.39, 0.29) is 23.5 Å². The van der Waals surface area contributed by atoms with Gasteiger partial charge in [-0.3, -0.25) is 4.79 Å². The van der Waals surface area contributed by atoms with Crippen LogP contribution in [0, 0.1) is 0 Å². The minimum absolute atomic E-state index is 0.0718. The number of nitrogens with one attached hydrogen (secondary N) is 1. The predicted octanol–water partition coefficient (Wildman–Crippen LogP) is 0.397. The van der Waals surface area contributed by atoms with Crippen molar-refractivity contribution in [2.75, 3.05) is 17.2 Å². The number of nitrogen functional groups attached to an aromatic ring is 1. The van der Waals surface area contributed by atoms with Gasteiger partial charge in [0.05, 0.1) is 17.2 Å². The lowest BCUT2D eigenvalue weighted by Crippen LogP contribution is -2.41. The van der Waals surface area contributed by atoms with Gasteiger partial charge in [0, 0.05) is 18.8 Å². The van der Waals surface area contributed by atoms with Crippen LogP contribution in [0.4, 0.5) is 5.69 Å². The van der Waals surface area contributed by atoms with Crippen LogP contribution in [0.2, 0.25) is 0 Å². The Bertz CT molecular complexity index is 563. The second-order valence-corrected chi connectivity index (χ2v) is 7.15. The van der Waals surface area contributed by atoms with Gasteiger partial charge in [-0.25, -0.2) is 8.42 Å². The maximum Gasteiger partial charge on any atom is 0.268 e. The summed E-state index contributed by atoms with van der Waals surface area (Å²) in [5.74, 6) is 0.104. The zero-order chi connectivity index (χ0) is 14.0. The van der Waals surface area contributed by atoms with E-state index in [1.54, 1.807) is 16.8 Å². The van der Waals surface area contributed by atoms with Crippen molar-refractivity contribution in [2.24, 2.45) is 0 Å². The summed E-state index contributed by atoms with van der Waals surface area (Å²) >= 11 is 0. The van der Waals surface area contributed by atoms with E-state index in [2.05, 4.69) is 5.32 Å². The van der Waals surface area contributed by atoms with Crippen LogP contribution in [-0.2, 0) is 16.4 Å². The summed E-state index contributed by atoms with van der Waals surface area (Å²) in [6.45, 7) is 2.60. The number of anilines is 1. The summed E-state index contributed by atoms with van der Waals surface area (Å²) in [4.78, 5) is 12.1. The quantitative estimate of drug-likeness (QED) is 0.840. The SMILES string of the molecule is CCn1cc(N)cc1C(=O)NC1CCS(=O)(=O)CC1. The Hall–Kier alpha value is -1.50. The molecule has 3 N–H and O–H groups in total. The highest BCUT2D eigenvalue weighted by molar-refractivity contribution is 7.91. The molecule has 19 heavy (non-hydrogen) atoms. The third kappa shape index (κ3) is 3.28. The van der Waals surface area contributed by atoms with Crippen molar-refractivity contribution < 1.29 is 13.2 Å². The van der Waals surface area contributed by atoms with Gasteiger partial charge in [0.1, 0.15) is 15.5 Å². The van der Waals surface area contributed by atoms with Gasteiger partial charge in [0.2, 0.25) is 0 Å². The fraction of sp³-hybridized carbons (Fsp3) is 0.583. The first kappa shape index (κ1) is 13.9. The summed E-state index contributed by atoms with van der Waals surface area (Å²) in [6, 6.07) is 1.57. The van der Waals surface area contributed by atoms with Gasteiger partial charge in [0.15, 0.2) is 0 Å². The number of hydrogen-bond acceptors (Lipinski definition) is 4. The lowest BCUT2D eigenvalue weighted by Gasteiger charge is -2.23. The molecule has 0 aliphatic carbocycles. The van der Waals surface area contributed by atoms with Crippen LogP contribution < -0.4 is 11.1 Å². The third-order valence-corrected chi connectivity index (χ3v) is 5.10. The molecule has 2 rings (SSSR count). The maximum absolute atomic E-state index is 12.1. The molecular formula is C12H19N3O3S. The highest BCUT2D eigenvalue weighted by Crippen LogP contribution is 2.15. The van der Waals surface area contributed by atoms with Gasteiger partial charge in [0.25, 0.3) is 5.91 Å². The molecular weight excluding hydrogens is 266 g/mol. The molecule has 106 valence electrons. The number of sulfone groups is 1. The molecule has 0 saturated carbocycles. The minimum atomic E-state index is -2.90. The summed E-state index contributed by atoms with van der Waals surface area (Å²) in [6.07, 6.45) is 2.69. The number of nitrogens with zero attached hydrogens (tertiary/aromatic N) is 1. The second kappa shape index (κ2) is 5.24. The first-order chi connectivity index (χ1) is 8.91. The monoisotopic (exact) mass is 285 g/mol.